The number of nitrogens with zero attached hydrogens (tertiary/aromatic N) is 2. The molecule has 1 amide bonds. The number of methoxy groups -OCH3 is 2. The predicted molar refractivity (Wildman–Crippen MR) is 115 cm³/mol. The van der Waals surface area contributed by atoms with Crippen molar-refractivity contribution in [1.29, 1.82) is 0 Å². The summed E-state index contributed by atoms with van der Waals surface area (Å²) in [6, 6.07) is 13.0. The normalized spacial score (nSPS) is 11.9. The molecule has 29 heavy (non-hydrogen) atoms. The predicted octanol–water partition coefficient (Wildman–Crippen LogP) is 4.49. The van der Waals surface area contributed by atoms with E-state index >= 15 is 0 Å². The van der Waals surface area contributed by atoms with E-state index in [9.17, 15) is 9.59 Å². The van der Waals surface area contributed by atoms with Crippen LogP contribution in [0.2, 0.25) is 5.02 Å². The van der Waals surface area contributed by atoms with Gasteiger partial charge in [-0.1, -0.05) is 47.2 Å². The molecule has 2 aromatic heterocycles. The van der Waals surface area contributed by atoms with E-state index in [-0.39, 0.29) is 6.54 Å². The van der Waals surface area contributed by atoms with E-state index in [1.807, 2.05) is 36.4 Å². The van der Waals surface area contributed by atoms with Gasteiger partial charge >= 0.3 is 5.97 Å². The zero-order valence-electron chi connectivity index (χ0n) is 15.5. The minimum absolute atomic E-state index is 0.0941. The summed E-state index contributed by atoms with van der Waals surface area (Å²) in [4.78, 5) is 29.9. The second-order valence-corrected chi connectivity index (χ2v) is 8.45. The van der Waals surface area contributed by atoms with Crippen molar-refractivity contribution in [1.82, 2.24) is 4.57 Å². The Labute approximate surface area is 178 Å². The number of hydrogen-bond acceptors (Lipinski definition) is 6. The molecule has 6 nitrogen and oxygen atoms in total. The molecule has 0 aliphatic carbocycles. The van der Waals surface area contributed by atoms with Crippen molar-refractivity contribution in [2.45, 2.75) is 6.54 Å². The third-order valence-corrected chi connectivity index (χ3v) is 7.03. The molecule has 0 unspecified atom stereocenters. The van der Waals surface area contributed by atoms with Crippen LogP contribution in [0, 0.1) is 0 Å². The lowest BCUT2D eigenvalue weighted by Gasteiger charge is -2.07. The van der Waals surface area contributed by atoms with Gasteiger partial charge in [0.25, 0.3) is 5.91 Å². The first kappa shape index (κ1) is 19.6. The Kier molecular flexibility index (Phi) is 5.40. The standard InChI is InChI=1S/C20H15ClN2O4S2/c1-26-12-7-5-9-14-17(12)23(10-15(24)27-2)20(29-14)22-19(25)18-16(21)11-6-3-4-8-13(11)28-18/h3-9H,10H2,1-2H3. The topological polar surface area (TPSA) is 69.9 Å². The van der Waals surface area contributed by atoms with Crippen LogP contribution in [0.25, 0.3) is 20.3 Å². The number of thiazole rings is 1. The van der Waals surface area contributed by atoms with Gasteiger partial charge in [-0.25, -0.2) is 0 Å². The molecule has 0 saturated heterocycles. The number of amides is 1. The molecule has 2 aromatic carbocycles. The SMILES string of the molecule is COC(=O)Cn1c(=NC(=O)c2sc3ccccc3c2Cl)sc2cccc(OC)c21. The first-order valence-electron chi connectivity index (χ1n) is 8.52. The molecule has 0 fully saturated rings. The van der Waals surface area contributed by atoms with Gasteiger partial charge in [-0.15, -0.1) is 11.3 Å². The Morgan fingerprint density at radius 2 is 1.83 bits per heavy atom. The van der Waals surface area contributed by atoms with E-state index in [1.54, 1.807) is 17.7 Å². The first-order chi connectivity index (χ1) is 14.0. The van der Waals surface area contributed by atoms with Gasteiger partial charge in [0.05, 0.1) is 23.9 Å². The fraction of sp³-hybridized carbons (Fsp3) is 0.150. The number of esters is 1. The first-order valence-corrected chi connectivity index (χ1v) is 10.5. The summed E-state index contributed by atoms with van der Waals surface area (Å²) < 4.78 is 13.6. The molecule has 0 N–H and O–H groups in total. The van der Waals surface area contributed by atoms with Gasteiger partial charge in [0, 0.05) is 10.1 Å². The van der Waals surface area contributed by atoms with Gasteiger partial charge in [0.2, 0.25) is 0 Å². The summed E-state index contributed by atoms with van der Waals surface area (Å²) in [7, 11) is 2.86. The number of ether oxygens (including phenoxy) is 2. The molecule has 4 aromatic rings. The third kappa shape index (κ3) is 3.55. The highest BCUT2D eigenvalue weighted by Gasteiger charge is 2.19. The van der Waals surface area contributed by atoms with Gasteiger partial charge < -0.3 is 14.0 Å². The van der Waals surface area contributed by atoms with Crippen LogP contribution in [0.5, 0.6) is 5.75 Å². The number of hydrogen-bond donors (Lipinski definition) is 0. The van der Waals surface area contributed by atoms with Crippen LogP contribution in [-0.4, -0.2) is 30.7 Å². The number of rotatable bonds is 4. The number of benzene rings is 2. The van der Waals surface area contributed by atoms with Gasteiger partial charge in [-0.05, 0) is 18.2 Å². The summed E-state index contributed by atoms with van der Waals surface area (Å²) in [5, 5.41) is 1.20. The second-order valence-electron chi connectivity index (χ2n) is 6.01. The van der Waals surface area contributed by atoms with Crippen LogP contribution < -0.4 is 9.54 Å². The van der Waals surface area contributed by atoms with E-state index in [1.165, 1.54) is 29.8 Å². The number of carbonyl (C=O) groups is 2. The minimum atomic E-state index is -0.458. The van der Waals surface area contributed by atoms with Crippen molar-refractivity contribution in [3.8, 4) is 5.75 Å². The maximum atomic E-state index is 12.9. The van der Waals surface area contributed by atoms with Crippen molar-refractivity contribution in [2.75, 3.05) is 14.2 Å². The number of fused-ring (bicyclic) bond motifs is 2. The number of thiophene rings is 1. The van der Waals surface area contributed by atoms with Crippen LogP contribution in [-0.2, 0) is 16.1 Å². The summed E-state index contributed by atoms with van der Waals surface area (Å²) in [6.07, 6.45) is 0. The largest absolute Gasteiger partial charge is 0.495 e. The smallest absolute Gasteiger partial charge is 0.325 e. The highest BCUT2D eigenvalue weighted by molar-refractivity contribution is 7.21. The molecule has 0 saturated carbocycles. The van der Waals surface area contributed by atoms with Gasteiger partial charge in [-0.3, -0.25) is 9.59 Å². The van der Waals surface area contributed by atoms with Gasteiger partial charge in [0.1, 0.15) is 22.7 Å². The van der Waals surface area contributed by atoms with E-state index in [2.05, 4.69) is 4.99 Å². The van der Waals surface area contributed by atoms with Crippen molar-refractivity contribution in [3.05, 3.63) is 57.2 Å². The Hall–Kier alpha value is -2.68. The maximum absolute atomic E-state index is 12.9. The Bertz CT molecular complexity index is 1320. The molecule has 0 radical (unpaired) electrons. The lowest BCUT2D eigenvalue weighted by atomic mass is 10.2. The zero-order valence-corrected chi connectivity index (χ0v) is 17.9. The molecule has 4 rings (SSSR count). The minimum Gasteiger partial charge on any atom is -0.495 e. The molecule has 0 spiro atoms. The second kappa shape index (κ2) is 7.98. The van der Waals surface area contributed by atoms with Gasteiger partial charge in [-0.2, -0.15) is 4.99 Å². The van der Waals surface area contributed by atoms with Gasteiger partial charge in [0.15, 0.2) is 4.80 Å². The van der Waals surface area contributed by atoms with Crippen LogP contribution in [0.3, 0.4) is 0 Å². The molecular weight excluding hydrogens is 432 g/mol. The average molecular weight is 447 g/mol. The van der Waals surface area contributed by atoms with E-state index in [0.29, 0.717) is 26.0 Å². The number of carbonyl (C=O) groups excluding carboxylic acids is 2. The lowest BCUT2D eigenvalue weighted by Crippen LogP contribution is -2.22. The van der Waals surface area contributed by atoms with E-state index in [4.69, 9.17) is 21.1 Å². The van der Waals surface area contributed by atoms with Crippen LogP contribution >= 0.6 is 34.3 Å². The summed E-state index contributed by atoms with van der Waals surface area (Å²) in [5.41, 5.74) is 0.680. The Morgan fingerprint density at radius 3 is 2.55 bits per heavy atom. The Morgan fingerprint density at radius 1 is 1.07 bits per heavy atom. The third-order valence-electron chi connectivity index (χ3n) is 4.33. The highest BCUT2D eigenvalue weighted by atomic mass is 35.5. The summed E-state index contributed by atoms with van der Waals surface area (Å²) >= 11 is 9.01. The average Bonchev–Trinajstić information content (AvgIpc) is 3.25. The zero-order chi connectivity index (χ0) is 20.5. The lowest BCUT2D eigenvalue weighted by molar-refractivity contribution is -0.141. The van der Waals surface area contributed by atoms with Crippen molar-refractivity contribution < 1.29 is 19.1 Å². The van der Waals surface area contributed by atoms with E-state index < -0.39 is 11.9 Å². The van der Waals surface area contributed by atoms with Crippen LogP contribution in [0.1, 0.15) is 9.67 Å². The molecule has 2 heterocycles. The summed E-state index contributed by atoms with van der Waals surface area (Å²) in [5.74, 6) is -0.332. The molecule has 148 valence electrons. The fourth-order valence-corrected chi connectivity index (χ4v) is 5.42. The quantitative estimate of drug-likeness (QED) is 0.433. The van der Waals surface area contributed by atoms with Crippen molar-refractivity contribution in [2.24, 2.45) is 4.99 Å². The molecule has 0 aliphatic heterocycles. The number of halogens is 1. The summed E-state index contributed by atoms with van der Waals surface area (Å²) in [6.45, 7) is -0.0941. The molecule has 0 bridgehead atoms. The van der Waals surface area contributed by atoms with Crippen LogP contribution in [0.4, 0.5) is 0 Å². The number of aromatic nitrogens is 1. The van der Waals surface area contributed by atoms with Crippen molar-refractivity contribution >= 4 is 66.5 Å². The monoisotopic (exact) mass is 446 g/mol. The highest BCUT2D eigenvalue weighted by Crippen LogP contribution is 2.35. The van der Waals surface area contributed by atoms with E-state index in [0.717, 1.165) is 14.8 Å². The van der Waals surface area contributed by atoms with Crippen LogP contribution in [0.15, 0.2) is 47.5 Å². The molecular formula is C20H15ClN2O4S2. The fourth-order valence-electron chi connectivity index (χ4n) is 2.98. The molecule has 0 atom stereocenters. The molecule has 9 heteroatoms. The maximum Gasteiger partial charge on any atom is 0.325 e. The van der Waals surface area contributed by atoms with Crippen molar-refractivity contribution in [3.63, 3.8) is 0 Å². The number of para-hydroxylation sites is 1. The Balaban J connectivity index is 1.90. The molecule has 0 aliphatic rings.